The molecular formula is C15H25NO2. The predicted molar refractivity (Wildman–Crippen MR) is 71.2 cm³/mol. The van der Waals surface area contributed by atoms with Crippen LogP contribution in [-0.2, 0) is 9.59 Å². The molecule has 1 saturated carbocycles. The zero-order valence-electron chi connectivity index (χ0n) is 11.5. The highest BCUT2D eigenvalue weighted by Gasteiger charge is 2.29. The molecule has 2 fully saturated rings. The van der Waals surface area contributed by atoms with Gasteiger partial charge in [0.1, 0.15) is 5.78 Å². The number of ketones is 1. The summed E-state index contributed by atoms with van der Waals surface area (Å²) in [6.45, 7) is 2.49. The SMILES string of the molecule is CC(=O)CC1CCCN1C(=O)CCC1CCCC1. The summed E-state index contributed by atoms with van der Waals surface area (Å²) in [5, 5.41) is 0. The summed E-state index contributed by atoms with van der Waals surface area (Å²) in [5.41, 5.74) is 0. The van der Waals surface area contributed by atoms with Crippen LogP contribution in [0.3, 0.4) is 0 Å². The first kappa shape index (κ1) is 13.6. The summed E-state index contributed by atoms with van der Waals surface area (Å²) in [6, 6.07) is 0.193. The summed E-state index contributed by atoms with van der Waals surface area (Å²) in [6.07, 6.45) is 9.68. The van der Waals surface area contributed by atoms with E-state index < -0.39 is 0 Å². The fraction of sp³-hybridized carbons (Fsp3) is 0.867. The molecule has 3 heteroatoms. The quantitative estimate of drug-likeness (QED) is 0.753. The number of likely N-dealkylation sites (tertiary alicyclic amines) is 1. The average molecular weight is 251 g/mol. The van der Waals surface area contributed by atoms with Crippen LogP contribution in [0.15, 0.2) is 0 Å². The third kappa shape index (κ3) is 3.56. The highest BCUT2D eigenvalue weighted by molar-refractivity contribution is 5.80. The van der Waals surface area contributed by atoms with Crippen molar-refractivity contribution in [3.63, 3.8) is 0 Å². The smallest absolute Gasteiger partial charge is 0.222 e. The van der Waals surface area contributed by atoms with Gasteiger partial charge in [0.2, 0.25) is 5.91 Å². The number of hydrogen-bond acceptors (Lipinski definition) is 2. The van der Waals surface area contributed by atoms with Crippen LogP contribution in [0.2, 0.25) is 0 Å². The van der Waals surface area contributed by atoms with Crippen LogP contribution in [0.5, 0.6) is 0 Å². The van der Waals surface area contributed by atoms with E-state index in [1.165, 1.54) is 25.7 Å². The van der Waals surface area contributed by atoms with E-state index in [0.717, 1.165) is 31.7 Å². The van der Waals surface area contributed by atoms with Gasteiger partial charge in [-0.3, -0.25) is 9.59 Å². The number of amides is 1. The monoisotopic (exact) mass is 251 g/mol. The first-order valence-corrected chi connectivity index (χ1v) is 7.45. The van der Waals surface area contributed by atoms with Gasteiger partial charge >= 0.3 is 0 Å². The Kier molecular flexibility index (Phi) is 4.79. The Bertz CT molecular complexity index is 308. The molecule has 2 aliphatic rings. The molecule has 1 heterocycles. The van der Waals surface area contributed by atoms with Gasteiger partial charge in [-0.1, -0.05) is 25.7 Å². The van der Waals surface area contributed by atoms with E-state index in [4.69, 9.17) is 0 Å². The highest BCUT2D eigenvalue weighted by Crippen LogP contribution is 2.29. The largest absolute Gasteiger partial charge is 0.339 e. The molecule has 0 N–H and O–H groups in total. The number of rotatable bonds is 5. The highest BCUT2D eigenvalue weighted by atomic mass is 16.2. The van der Waals surface area contributed by atoms with E-state index in [9.17, 15) is 9.59 Å². The van der Waals surface area contributed by atoms with Crippen LogP contribution in [0, 0.1) is 5.92 Å². The molecule has 1 aliphatic carbocycles. The normalized spacial score (nSPS) is 24.7. The van der Waals surface area contributed by atoms with Crippen LogP contribution in [-0.4, -0.2) is 29.2 Å². The van der Waals surface area contributed by atoms with E-state index in [1.807, 2.05) is 4.90 Å². The second-order valence-corrected chi connectivity index (χ2v) is 5.98. The summed E-state index contributed by atoms with van der Waals surface area (Å²) < 4.78 is 0. The average Bonchev–Trinajstić information content (AvgIpc) is 2.95. The van der Waals surface area contributed by atoms with Crippen molar-refractivity contribution in [2.24, 2.45) is 5.92 Å². The first-order chi connectivity index (χ1) is 8.66. The van der Waals surface area contributed by atoms with Crippen LogP contribution in [0.1, 0.15) is 64.7 Å². The third-order valence-corrected chi connectivity index (χ3v) is 4.46. The zero-order valence-corrected chi connectivity index (χ0v) is 11.5. The molecule has 2 rings (SSSR count). The van der Waals surface area contributed by atoms with Crippen LogP contribution in [0.4, 0.5) is 0 Å². The predicted octanol–water partition coefficient (Wildman–Crippen LogP) is 2.93. The van der Waals surface area contributed by atoms with Gasteiger partial charge < -0.3 is 4.90 Å². The molecule has 0 aromatic rings. The summed E-state index contributed by atoms with van der Waals surface area (Å²) in [7, 11) is 0. The van der Waals surface area contributed by atoms with E-state index >= 15 is 0 Å². The number of Topliss-reactive ketones (excluding diaryl/α,β-unsaturated/α-hetero) is 1. The van der Waals surface area contributed by atoms with Crippen LogP contribution >= 0.6 is 0 Å². The molecule has 3 nitrogen and oxygen atoms in total. The minimum atomic E-state index is 0.193. The maximum absolute atomic E-state index is 12.2. The molecule has 1 amide bonds. The Labute approximate surface area is 110 Å². The fourth-order valence-electron chi connectivity index (χ4n) is 3.48. The van der Waals surface area contributed by atoms with Crippen molar-refractivity contribution in [3.8, 4) is 0 Å². The van der Waals surface area contributed by atoms with Gasteiger partial charge in [-0.05, 0) is 32.1 Å². The summed E-state index contributed by atoms with van der Waals surface area (Å²) >= 11 is 0. The second-order valence-electron chi connectivity index (χ2n) is 5.98. The summed E-state index contributed by atoms with van der Waals surface area (Å²) in [4.78, 5) is 25.4. The molecule has 18 heavy (non-hydrogen) atoms. The third-order valence-electron chi connectivity index (χ3n) is 4.46. The molecule has 1 aliphatic heterocycles. The number of hydrogen-bond donors (Lipinski definition) is 0. The molecule has 1 unspecified atom stereocenters. The molecular weight excluding hydrogens is 226 g/mol. The fourth-order valence-corrected chi connectivity index (χ4v) is 3.48. The van der Waals surface area contributed by atoms with Gasteiger partial charge in [0.25, 0.3) is 0 Å². The minimum Gasteiger partial charge on any atom is -0.339 e. The standard InChI is InChI=1S/C15H25NO2/c1-12(17)11-14-7-4-10-16(14)15(18)9-8-13-5-2-3-6-13/h13-14H,2-11H2,1H3. The molecule has 0 spiro atoms. The Morgan fingerprint density at radius 1 is 1.11 bits per heavy atom. The summed E-state index contributed by atoms with van der Waals surface area (Å²) in [5.74, 6) is 1.27. The molecule has 0 aromatic carbocycles. The molecule has 102 valence electrons. The number of carbonyl (C=O) groups is 2. The second kappa shape index (κ2) is 6.35. The van der Waals surface area contributed by atoms with Gasteiger partial charge in [-0.25, -0.2) is 0 Å². The Balaban J connectivity index is 1.77. The minimum absolute atomic E-state index is 0.193. The lowest BCUT2D eigenvalue weighted by Crippen LogP contribution is -2.36. The van der Waals surface area contributed by atoms with E-state index in [2.05, 4.69) is 0 Å². The maximum atomic E-state index is 12.2. The van der Waals surface area contributed by atoms with Crippen molar-refractivity contribution in [2.75, 3.05) is 6.54 Å². The Morgan fingerprint density at radius 2 is 1.83 bits per heavy atom. The van der Waals surface area contributed by atoms with E-state index in [1.54, 1.807) is 6.92 Å². The van der Waals surface area contributed by atoms with Crippen molar-refractivity contribution in [2.45, 2.75) is 70.8 Å². The maximum Gasteiger partial charge on any atom is 0.222 e. The van der Waals surface area contributed by atoms with Gasteiger partial charge in [0.15, 0.2) is 0 Å². The first-order valence-electron chi connectivity index (χ1n) is 7.45. The van der Waals surface area contributed by atoms with E-state index in [-0.39, 0.29) is 17.7 Å². The lowest BCUT2D eigenvalue weighted by atomic mass is 10.0. The van der Waals surface area contributed by atoms with Crippen LogP contribution < -0.4 is 0 Å². The lowest BCUT2D eigenvalue weighted by Gasteiger charge is -2.24. The molecule has 0 radical (unpaired) electrons. The van der Waals surface area contributed by atoms with Crippen molar-refractivity contribution >= 4 is 11.7 Å². The number of nitrogens with zero attached hydrogens (tertiary/aromatic N) is 1. The molecule has 1 saturated heterocycles. The molecule has 1 atom stereocenters. The Hall–Kier alpha value is -0.860. The van der Waals surface area contributed by atoms with Gasteiger partial charge in [0, 0.05) is 25.4 Å². The van der Waals surface area contributed by atoms with Crippen molar-refractivity contribution < 1.29 is 9.59 Å². The van der Waals surface area contributed by atoms with Crippen molar-refractivity contribution in [1.29, 1.82) is 0 Å². The van der Waals surface area contributed by atoms with Crippen molar-refractivity contribution in [1.82, 2.24) is 4.90 Å². The van der Waals surface area contributed by atoms with Crippen LogP contribution in [0.25, 0.3) is 0 Å². The topological polar surface area (TPSA) is 37.4 Å². The van der Waals surface area contributed by atoms with Gasteiger partial charge in [-0.15, -0.1) is 0 Å². The molecule has 0 bridgehead atoms. The zero-order chi connectivity index (χ0) is 13.0. The van der Waals surface area contributed by atoms with Gasteiger partial charge in [-0.2, -0.15) is 0 Å². The molecule has 0 aromatic heterocycles. The Morgan fingerprint density at radius 3 is 2.50 bits per heavy atom. The van der Waals surface area contributed by atoms with Crippen molar-refractivity contribution in [3.05, 3.63) is 0 Å². The number of carbonyl (C=O) groups excluding carboxylic acids is 2. The lowest BCUT2D eigenvalue weighted by molar-refractivity contribution is -0.133. The van der Waals surface area contributed by atoms with E-state index in [0.29, 0.717) is 12.8 Å². The van der Waals surface area contributed by atoms with Gasteiger partial charge in [0.05, 0.1) is 0 Å².